The van der Waals surface area contributed by atoms with E-state index in [1.165, 1.54) is 12.7 Å². The van der Waals surface area contributed by atoms with Crippen LogP contribution in [0.4, 0.5) is 4.79 Å². The second-order valence-electron chi connectivity index (χ2n) is 5.13. The van der Waals surface area contributed by atoms with Crippen molar-refractivity contribution >= 4 is 17.0 Å². The van der Waals surface area contributed by atoms with E-state index in [4.69, 9.17) is 4.74 Å². The Bertz CT molecular complexity index is 749. The van der Waals surface area contributed by atoms with E-state index in [1.807, 2.05) is 12.1 Å². The van der Waals surface area contributed by atoms with E-state index < -0.39 is 0 Å². The fourth-order valence-electron chi connectivity index (χ4n) is 2.66. The quantitative estimate of drug-likeness (QED) is 0.797. The lowest BCUT2D eigenvalue weighted by Crippen LogP contribution is -2.35. The second-order valence-corrected chi connectivity index (χ2v) is 5.13. The van der Waals surface area contributed by atoms with Crippen LogP contribution in [0.25, 0.3) is 10.9 Å². The number of carbonyl (C=O) groups is 1. The van der Waals surface area contributed by atoms with Crippen molar-refractivity contribution in [1.82, 2.24) is 9.88 Å². The first-order valence-electron chi connectivity index (χ1n) is 6.57. The number of aromatic amines is 1. The summed E-state index contributed by atoms with van der Waals surface area (Å²) in [6.07, 6.45) is 0.492. The molecule has 0 atom stereocenters. The molecular formula is C15H16N2O3. The third-order valence-electron chi connectivity index (χ3n) is 3.80. The molecule has 104 valence electrons. The Balaban J connectivity index is 2.06. The number of fused-ring (bicyclic) bond motifs is 2. The molecule has 0 bridgehead atoms. The Hall–Kier alpha value is -2.30. The summed E-state index contributed by atoms with van der Waals surface area (Å²) >= 11 is 0. The number of pyridine rings is 1. The van der Waals surface area contributed by atoms with E-state index in [9.17, 15) is 9.59 Å². The van der Waals surface area contributed by atoms with E-state index >= 15 is 0 Å². The van der Waals surface area contributed by atoms with E-state index in [1.54, 1.807) is 11.8 Å². The highest BCUT2D eigenvalue weighted by Crippen LogP contribution is 2.24. The van der Waals surface area contributed by atoms with Gasteiger partial charge in [0.05, 0.1) is 7.11 Å². The van der Waals surface area contributed by atoms with Gasteiger partial charge >= 0.3 is 6.09 Å². The summed E-state index contributed by atoms with van der Waals surface area (Å²) in [4.78, 5) is 27.8. The number of H-pyrrole nitrogens is 1. The van der Waals surface area contributed by atoms with Crippen LogP contribution in [-0.2, 0) is 17.7 Å². The molecule has 2 heterocycles. The molecule has 2 aromatic rings. The first kappa shape index (κ1) is 12.7. The molecule has 0 unspecified atom stereocenters. The van der Waals surface area contributed by atoms with Crippen LogP contribution in [0.15, 0.2) is 23.0 Å². The van der Waals surface area contributed by atoms with Crippen molar-refractivity contribution < 1.29 is 9.53 Å². The second kappa shape index (κ2) is 4.67. The van der Waals surface area contributed by atoms with Gasteiger partial charge in [0.15, 0.2) is 0 Å². The minimum Gasteiger partial charge on any atom is -0.453 e. The van der Waals surface area contributed by atoms with Crippen molar-refractivity contribution in [3.05, 3.63) is 45.2 Å². The number of amides is 1. The molecular weight excluding hydrogens is 256 g/mol. The van der Waals surface area contributed by atoms with Gasteiger partial charge in [-0.15, -0.1) is 0 Å². The molecule has 0 saturated heterocycles. The van der Waals surface area contributed by atoms with E-state index in [0.717, 1.165) is 22.9 Å². The zero-order valence-corrected chi connectivity index (χ0v) is 11.5. The third-order valence-corrected chi connectivity index (χ3v) is 3.80. The largest absolute Gasteiger partial charge is 0.453 e. The number of aromatic nitrogens is 1. The van der Waals surface area contributed by atoms with Crippen LogP contribution in [0.2, 0.25) is 0 Å². The highest BCUT2D eigenvalue weighted by molar-refractivity contribution is 5.81. The lowest BCUT2D eigenvalue weighted by atomic mass is 9.97. The van der Waals surface area contributed by atoms with Crippen molar-refractivity contribution in [3.63, 3.8) is 0 Å². The summed E-state index contributed by atoms with van der Waals surface area (Å²) in [5, 5.41) is 1.03. The van der Waals surface area contributed by atoms with Crippen LogP contribution >= 0.6 is 0 Å². The highest BCUT2D eigenvalue weighted by atomic mass is 16.5. The summed E-state index contributed by atoms with van der Waals surface area (Å²) in [7, 11) is 1.39. The van der Waals surface area contributed by atoms with Crippen LogP contribution in [0.5, 0.6) is 0 Å². The Morgan fingerprint density at radius 1 is 1.30 bits per heavy atom. The maximum absolute atomic E-state index is 11.7. The van der Waals surface area contributed by atoms with Gasteiger partial charge in [-0.3, -0.25) is 4.79 Å². The normalized spacial score (nSPS) is 14.2. The van der Waals surface area contributed by atoms with Gasteiger partial charge in [-0.1, -0.05) is 0 Å². The minimum absolute atomic E-state index is 0.0712. The van der Waals surface area contributed by atoms with Gasteiger partial charge in [-0.05, 0) is 48.1 Å². The van der Waals surface area contributed by atoms with E-state index in [-0.39, 0.29) is 11.7 Å². The van der Waals surface area contributed by atoms with Crippen LogP contribution in [0.3, 0.4) is 0 Å². The average Bonchev–Trinajstić information content (AvgIpc) is 2.45. The number of nitrogens with one attached hydrogen (secondary N) is 1. The Kier molecular flexibility index (Phi) is 2.97. The standard InChI is InChI=1S/C15H16N2O3/c1-9-5-11-6-10-3-4-17(15(19)20-2)8-12(10)7-13(11)16-14(9)18/h5-7H,3-4,8H2,1-2H3,(H,16,18). The lowest BCUT2D eigenvalue weighted by molar-refractivity contribution is 0.118. The van der Waals surface area contributed by atoms with E-state index in [0.29, 0.717) is 18.7 Å². The third kappa shape index (κ3) is 2.05. The molecule has 20 heavy (non-hydrogen) atoms. The number of benzene rings is 1. The van der Waals surface area contributed by atoms with E-state index in [2.05, 4.69) is 11.1 Å². The molecule has 5 heteroatoms. The summed E-state index contributed by atoms with van der Waals surface area (Å²) in [5.41, 5.74) is 3.74. The average molecular weight is 272 g/mol. The molecule has 1 aromatic heterocycles. The molecule has 1 aliphatic rings. The van der Waals surface area contributed by atoms with Crippen LogP contribution in [-0.4, -0.2) is 29.6 Å². The predicted octanol–water partition coefficient (Wildman–Crippen LogP) is 1.96. The first-order valence-corrected chi connectivity index (χ1v) is 6.57. The molecule has 0 saturated carbocycles. The van der Waals surface area contributed by atoms with Crippen LogP contribution in [0.1, 0.15) is 16.7 Å². The summed E-state index contributed by atoms with van der Waals surface area (Å²) in [6.45, 7) is 2.98. The maximum atomic E-state index is 11.7. The number of aryl methyl sites for hydroxylation is 1. The zero-order chi connectivity index (χ0) is 14.3. The smallest absolute Gasteiger partial charge is 0.409 e. The topological polar surface area (TPSA) is 62.4 Å². The first-order chi connectivity index (χ1) is 9.58. The highest BCUT2D eigenvalue weighted by Gasteiger charge is 2.21. The molecule has 1 amide bonds. The summed E-state index contributed by atoms with van der Waals surface area (Å²) in [5.74, 6) is 0. The minimum atomic E-state index is -0.312. The summed E-state index contributed by atoms with van der Waals surface area (Å²) in [6, 6.07) is 5.96. The molecule has 5 nitrogen and oxygen atoms in total. The predicted molar refractivity (Wildman–Crippen MR) is 75.8 cm³/mol. The monoisotopic (exact) mass is 272 g/mol. The lowest BCUT2D eigenvalue weighted by Gasteiger charge is -2.27. The van der Waals surface area contributed by atoms with Crippen molar-refractivity contribution in [2.24, 2.45) is 0 Å². The fourth-order valence-corrected chi connectivity index (χ4v) is 2.66. The van der Waals surface area contributed by atoms with Crippen molar-refractivity contribution in [3.8, 4) is 0 Å². The number of methoxy groups -OCH3 is 1. The number of hydrogen-bond acceptors (Lipinski definition) is 3. The molecule has 0 radical (unpaired) electrons. The Morgan fingerprint density at radius 3 is 2.85 bits per heavy atom. The molecule has 1 aromatic carbocycles. The van der Waals surface area contributed by atoms with Crippen LogP contribution < -0.4 is 5.56 Å². The Morgan fingerprint density at radius 2 is 2.10 bits per heavy atom. The zero-order valence-electron chi connectivity index (χ0n) is 11.5. The SMILES string of the molecule is COC(=O)N1CCc2cc3cc(C)c(=O)[nH]c3cc2C1. The number of hydrogen-bond donors (Lipinski definition) is 1. The van der Waals surface area contributed by atoms with Crippen molar-refractivity contribution in [1.29, 1.82) is 0 Å². The fraction of sp³-hybridized carbons (Fsp3) is 0.333. The molecule has 0 fully saturated rings. The molecule has 1 N–H and O–H groups in total. The van der Waals surface area contributed by atoms with Gasteiger partial charge < -0.3 is 14.6 Å². The van der Waals surface area contributed by atoms with Gasteiger partial charge in [-0.25, -0.2) is 4.79 Å². The maximum Gasteiger partial charge on any atom is 0.409 e. The molecule has 1 aliphatic heterocycles. The van der Waals surface area contributed by atoms with Gasteiger partial charge in [-0.2, -0.15) is 0 Å². The molecule has 0 aliphatic carbocycles. The number of rotatable bonds is 0. The molecule has 3 rings (SSSR count). The molecule has 0 spiro atoms. The van der Waals surface area contributed by atoms with Crippen molar-refractivity contribution in [2.75, 3.05) is 13.7 Å². The number of ether oxygens (including phenoxy) is 1. The number of carbonyl (C=O) groups excluding carboxylic acids is 1. The van der Waals surface area contributed by atoms with Crippen LogP contribution in [0, 0.1) is 6.92 Å². The Labute approximate surface area is 116 Å². The van der Waals surface area contributed by atoms with Gasteiger partial charge in [0.2, 0.25) is 0 Å². The van der Waals surface area contributed by atoms with Gasteiger partial charge in [0, 0.05) is 24.2 Å². The summed E-state index contributed by atoms with van der Waals surface area (Å²) < 4.78 is 4.76. The number of nitrogens with zero attached hydrogens (tertiary/aromatic N) is 1. The van der Waals surface area contributed by atoms with Gasteiger partial charge in [0.25, 0.3) is 5.56 Å². The van der Waals surface area contributed by atoms with Gasteiger partial charge in [0.1, 0.15) is 0 Å². The van der Waals surface area contributed by atoms with Crippen molar-refractivity contribution in [2.45, 2.75) is 19.9 Å².